The molecule has 1 heterocycles. The molecule has 0 radical (unpaired) electrons. The third-order valence-corrected chi connectivity index (χ3v) is 4.47. The lowest BCUT2D eigenvalue weighted by Gasteiger charge is -2.34. The van der Waals surface area contributed by atoms with Gasteiger partial charge < -0.3 is 14.4 Å². The molecule has 0 unspecified atom stereocenters. The third-order valence-electron chi connectivity index (χ3n) is 4.47. The lowest BCUT2D eigenvalue weighted by atomic mass is 10.3. The zero-order valence-corrected chi connectivity index (χ0v) is 15.0. The molecule has 1 fully saturated rings. The number of piperazine rings is 1. The maximum atomic E-state index is 12.3. The van der Waals surface area contributed by atoms with Gasteiger partial charge in [-0.2, -0.15) is 0 Å². The van der Waals surface area contributed by atoms with Crippen LogP contribution in [0, 0.1) is 0 Å². The molecule has 0 atom stereocenters. The molecule has 5 heteroatoms. The van der Waals surface area contributed by atoms with Crippen LogP contribution < -0.4 is 9.47 Å². The molecule has 1 saturated heterocycles. The van der Waals surface area contributed by atoms with Crippen molar-refractivity contribution >= 4 is 5.91 Å². The minimum Gasteiger partial charge on any atom is -0.493 e. The Kier molecular flexibility index (Phi) is 6.90. The van der Waals surface area contributed by atoms with E-state index in [9.17, 15) is 4.79 Å². The first-order chi connectivity index (χ1) is 12.8. The van der Waals surface area contributed by atoms with E-state index in [-0.39, 0.29) is 5.91 Å². The third kappa shape index (κ3) is 5.77. The van der Waals surface area contributed by atoms with Gasteiger partial charge in [-0.1, -0.05) is 36.4 Å². The molecule has 0 saturated carbocycles. The van der Waals surface area contributed by atoms with Gasteiger partial charge in [0.2, 0.25) is 5.91 Å². The lowest BCUT2D eigenvalue weighted by Crippen LogP contribution is -2.49. The van der Waals surface area contributed by atoms with E-state index in [2.05, 4.69) is 4.90 Å². The van der Waals surface area contributed by atoms with Crippen LogP contribution in [0.15, 0.2) is 60.7 Å². The summed E-state index contributed by atoms with van der Waals surface area (Å²) >= 11 is 0. The maximum absolute atomic E-state index is 12.3. The molecule has 138 valence electrons. The SMILES string of the molecule is O=C(CCOc1ccccc1)N1CCN(CCOc2ccccc2)CC1. The van der Waals surface area contributed by atoms with Crippen LogP contribution in [0.5, 0.6) is 11.5 Å². The molecule has 0 aliphatic carbocycles. The Morgan fingerprint density at radius 3 is 1.88 bits per heavy atom. The number of carbonyl (C=O) groups is 1. The fourth-order valence-corrected chi connectivity index (χ4v) is 2.96. The molecule has 1 aliphatic heterocycles. The predicted octanol–water partition coefficient (Wildman–Crippen LogP) is 2.68. The van der Waals surface area contributed by atoms with E-state index in [0.29, 0.717) is 19.6 Å². The van der Waals surface area contributed by atoms with Crippen molar-refractivity contribution in [3.05, 3.63) is 60.7 Å². The van der Waals surface area contributed by atoms with Crippen LogP contribution in [0.3, 0.4) is 0 Å². The van der Waals surface area contributed by atoms with Crippen molar-refractivity contribution in [1.29, 1.82) is 0 Å². The molecule has 0 aromatic heterocycles. The second-order valence-corrected chi connectivity index (χ2v) is 6.30. The standard InChI is InChI=1S/C21H26N2O3/c24-21(11-17-25-19-7-3-1-4-8-19)23-14-12-22(13-15-23)16-18-26-20-9-5-2-6-10-20/h1-10H,11-18H2. The van der Waals surface area contributed by atoms with Crippen molar-refractivity contribution in [2.75, 3.05) is 45.9 Å². The van der Waals surface area contributed by atoms with E-state index in [1.54, 1.807) is 0 Å². The fraction of sp³-hybridized carbons (Fsp3) is 0.381. The summed E-state index contributed by atoms with van der Waals surface area (Å²) in [5.41, 5.74) is 0. The van der Waals surface area contributed by atoms with Crippen molar-refractivity contribution in [3.63, 3.8) is 0 Å². The van der Waals surface area contributed by atoms with Crippen LogP contribution in [-0.2, 0) is 4.79 Å². The van der Waals surface area contributed by atoms with Gasteiger partial charge in [-0.05, 0) is 24.3 Å². The quantitative estimate of drug-likeness (QED) is 0.731. The van der Waals surface area contributed by atoms with Crippen LogP contribution in [0.1, 0.15) is 6.42 Å². The number of amides is 1. The smallest absolute Gasteiger partial charge is 0.226 e. The van der Waals surface area contributed by atoms with Gasteiger partial charge in [0.1, 0.15) is 18.1 Å². The molecule has 3 rings (SSSR count). The average Bonchev–Trinajstić information content (AvgIpc) is 2.70. The highest BCUT2D eigenvalue weighted by Crippen LogP contribution is 2.10. The van der Waals surface area contributed by atoms with Gasteiger partial charge in [-0.25, -0.2) is 0 Å². The zero-order chi connectivity index (χ0) is 18.0. The van der Waals surface area contributed by atoms with E-state index in [0.717, 1.165) is 44.2 Å². The Morgan fingerprint density at radius 1 is 0.769 bits per heavy atom. The average molecular weight is 354 g/mol. The summed E-state index contributed by atoms with van der Waals surface area (Å²) in [7, 11) is 0. The van der Waals surface area contributed by atoms with Gasteiger partial charge in [0.25, 0.3) is 0 Å². The number of para-hydroxylation sites is 2. The molecular formula is C21H26N2O3. The molecule has 5 nitrogen and oxygen atoms in total. The number of hydrogen-bond acceptors (Lipinski definition) is 4. The Balaban J connectivity index is 1.29. The number of carbonyl (C=O) groups excluding carboxylic acids is 1. The van der Waals surface area contributed by atoms with Gasteiger partial charge in [-0.15, -0.1) is 0 Å². The van der Waals surface area contributed by atoms with Crippen LogP contribution >= 0.6 is 0 Å². The predicted molar refractivity (Wildman–Crippen MR) is 102 cm³/mol. The van der Waals surface area contributed by atoms with Gasteiger partial charge in [-0.3, -0.25) is 9.69 Å². The zero-order valence-electron chi connectivity index (χ0n) is 15.0. The van der Waals surface area contributed by atoms with E-state index < -0.39 is 0 Å². The van der Waals surface area contributed by atoms with Gasteiger partial charge in [0, 0.05) is 32.7 Å². The first-order valence-electron chi connectivity index (χ1n) is 9.17. The van der Waals surface area contributed by atoms with E-state index in [4.69, 9.17) is 9.47 Å². The minimum absolute atomic E-state index is 0.168. The van der Waals surface area contributed by atoms with Crippen LogP contribution in [0.2, 0.25) is 0 Å². The second-order valence-electron chi connectivity index (χ2n) is 6.30. The van der Waals surface area contributed by atoms with Crippen molar-refractivity contribution < 1.29 is 14.3 Å². The Bertz CT molecular complexity index is 655. The normalized spacial score (nSPS) is 14.8. The summed E-state index contributed by atoms with van der Waals surface area (Å²) in [5, 5.41) is 0. The van der Waals surface area contributed by atoms with E-state index in [1.165, 1.54) is 0 Å². The van der Waals surface area contributed by atoms with E-state index >= 15 is 0 Å². The van der Waals surface area contributed by atoms with Gasteiger partial charge >= 0.3 is 0 Å². The van der Waals surface area contributed by atoms with Crippen molar-refractivity contribution in [3.8, 4) is 11.5 Å². The first-order valence-corrected chi connectivity index (χ1v) is 9.17. The largest absolute Gasteiger partial charge is 0.493 e. The van der Waals surface area contributed by atoms with Gasteiger partial charge in [0.05, 0.1) is 13.0 Å². The highest BCUT2D eigenvalue weighted by molar-refractivity contribution is 5.76. The Labute approximate surface area is 155 Å². The molecule has 0 spiro atoms. The topological polar surface area (TPSA) is 42.0 Å². The highest BCUT2D eigenvalue weighted by atomic mass is 16.5. The summed E-state index contributed by atoms with van der Waals surface area (Å²) in [6.07, 6.45) is 0.423. The molecule has 26 heavy (non-hydrogen) atoms. The number of rotatable bonds is 8. The van der Waals surface area contributed by atoms with Crippen molar-refractivity contribution in [2.24, 2.45) is 0 Å². The van der Waals surface area contributed by atoms with Crippen LogP contribution in [0.4, 0.5) is 0 Å². The summed E-state index contributed by atoms with van der Waals surface area (Å²) in [6.45, 7) is 5.31. The Morgan fingerprint density at radius 2 is 1.31 bits per heavy atom. The molecule has 2 aromatic rings. The molecule has 1 aliphatic rings. The second kappa shape index (κ2) is 9.82. The van der Waals surface area contributed by atoms with Gasteiger partial charge in [0.15, 0.2) is 0 Å². The Hall–Kier alpha value is -2.53. The number of nitrogens with zero attached hydrogens (tertiary/aromatic N) is 2. The van der Waals surface area contributed by atoms with Crippen LogP contribution in [-0.4, -0.2) is 61.6 Å². The van der Waals surface area contributed by atoms with Crippen LogP contribution in [0.25, 0.3) is 0 Å². The van der Waals surface area contributed by atoms with Crippen molar-refractivity contribution in [1.82, 2.24) is 9.80 Å². The van der Waals surface area contributed by atoms with E-state index in [1.807, 2.05) is 65.6 Å². The minimum atomic E-state index is 0.168. The monoisotopic (exact) mass is 354 g/mol. The fourth-order valence-electron chi connectivity index (χ4n) is 2.96. The first kappa shape index (κ1) is 18.3. The summed E-state index contributed by atoms with van der Waals surface area (Å²) in [5.74, 6) is 1.88. The summed E-state index contributed by atoms with van der Waals surface area (Å²) < 4.78 is 11.3. The number of hydrogen-bond donors (Lipinski definition) is 0. The molecular weight excluding hydrogens is 328 g/mol. The molecule has 2 aromatic carbocycles. The number of ether oxygens (including phenoxy) is 2. The van der Waals surface area contributed by atoms with Crippen molar-refractivity contribution in [2.45, 2.75) is 6.42 Å². The molecule has 1 amide bonds. The maximum Gasteiger partial charge on any atom is 0.226 e. The molecule has 0 N–H and O–H groups in total. The highest BCUT2D eigenvalue weighted by Gasteiger charge is 2.20. The summed E-state index contributed by atoms with van der Waals surface area (Å²) in [4.78, 5) is 16.6. The summed E-state index contributed by atoms with van der Waals surface area (Å²) in [6, 6.07) is 19.5. The lowest BCUT2D eigenvalue weighted by molar-refractivity contribution is -0.133. The molecule has 0 bridgehead atoms. The number of benzene rings is 2.